The SMILES string of the molecule is O=c1[nH]c(=O)n(-c2ccc(N3CCNCC3)c(C(F)(F)F)c2)c2c1cnc1ccc(-c3ccc4c(c3)C=NC4)nc12. The van der Waals surface area contributed by atoms with Gasteiger partial charge in [-0.25, -0.2) is 9.78 Å². The Morgan fingerprint density at radius 2 is 1.78 bits per heavy atom. The highest BCUT2D eigenvalue weighted by Crippen LogP contribution is 2.38. The lowest BCUT2D eigenvalue weighted by Crippen LogP contribution is -2.44. The first-order valence-corrected chi connectivity index (χ1v) is 13.0. The van der Waals surface area contributed by atoms with E-state index >= 15 is 0 Å². The Kier molecular flexibility index (Phi) is 5.75. The number of hydrogen-bond donors (Lipinski definition) is 2. The van der Waals surface area contributed by atoms with E-state index in [1.165, 1.54) is 18.3 Å². The molecule has 0 radical (unpaired) electrons. The highest BCUT2D eigenvalue weighted by Gasteiger charge is 2.36. The van der Waals surface area contributed by atoms with Gasteiger partial charge < -0.3 is 10.2 Å². The van der Waals surface area contributed by atoms with Gasteiger partial charge in [0.05, 0.1) is 39.9 Å². The molecular weight excluding hydrogens is 535 g/mol. The van der Waals surface area contributed by atoms with E-state index in [9.17, 15) is 22.8 Å². The van der Waals surface area contributed by atoms with Gasteiger partial charge in [0.1, 0.15) is 5.52 Å². The fraction of sp³-hybridized carbons (Fsp3) is 0.207. The normalized spacial score (nSPS) is 15.1. The number of pyridine rings is 2. The number of hydrogen-bond acceptors (Lipinski definition) is 7. The number of piperazine rings is 1. The van der Waals surface area contributed by atoms with Gasteiger partial charge in [0, 0.05) is 49.8 Å². The lowest BCUT2D eigenvalue weighted by Gasteiger charge is -2.31. The Labute approximate surface area is 230 Å². The van der Waals surface area contributed by atoms with E-state index in [4.69, 9.17) is 4.98 Å². The average Bonchev–Trinajstić information content (AvgIpc) is 3.45. The van der Waals surface area contributed by atoms with Gasteiger partial charge in [0.2, 0.25) is 0 Å². The Bertz CT molecular complexity index is 2010. The summed E-state index contributed by atoms with van der Waals surface area (Å²) in [5.41, 5.74) is 1.63. The molecule has 3 aromatic heterocycles. The maximum Gasteiger partial charge on any atom is 0.418 e. The van der Waals surface area contributed by atoms with Gasteiger partial charge in [-0.2, -0.15) is 13.2 Å². The number of rotatable bonds is 3. The number of benzene rings is 2. The summed E-state index contributed by atoms with van der Waals surface area (Å²) >= 11 is 0. The molecule has 2 aromatic carbocycles. The van der Waals surface area contributed by atoms with Crippen molar-refractivity contribution in [2.75, 3.05) is 31.1 Å². The second-order valence-electron chi connectivity index (χ2n) is 10.00. The van der Waals surface area contributed by atoms with Gasteiger partial charge in [-0.15, -0.1) is 0 Å². The van der Waals surface area contributed by atoms with Crippen LogP contribution in [0.2, 0.25) is 0 Å². The zero-order valence-electron chi connectivity index (χ0n) is 21.5. The van der Waals surface area contributed by atoms with E-state index < -0.39 is 23.0 Å². The summed E-state index contributed by atoms with van der Waals surface area (Å²) in [4.78, 5) is 43.4. The van der Waals surface area contributed by atoms with Crippen molar-refractivity contribution in [2.24, 2.45) is 4.99 Å². The molecule has 0 atom stereocenters. The van der Waals surface area contributed by atoms with Crippen LogP contribution in [0.3, 0.4) is 0 Å². The topological polar surface area (TPSA) is 108 Å². The van der Waals surface area contributed by atoms with Gasteiger partial charge in [-0.3, -0.25) is 24.3 Å². The third-order valence-corrected chi connectivity index (χ3v) is 7.51. The third kappa shape index (κ3) is 4.27. The molecule has 12 heteroatoms. The van der Waals surface area contributed by atoms with Crippen LogP contribution >= 0.6 is 0 Å². The van der Waals surface area contributed by atoms with Crippen molar-refractivity contribution in [3.63, 3.8) is 0 Å². The van der Waals surface area contributed by atoms with Crippen LogP contribution in [0.25, 0.3) is 38.9 Å². The minimum atomic E-state index is -4.68. The minimum Gasteiger partial charge on any atom is -0.368 e. The average molecular weight is 558 g/mol. The maximum absolute atomic E-state index is 14.3. The molecule has 206 valence electrons. The van der Waals surface area contributed by atoms with Crippen LogP contribution in [-0.2, 0) is 12.7 Å². The molecule has 9 nitrogen and oxygen atoms in total. The maximum atomic E-state index is 14.3. The van der Waals surface area contributed by atoms with E-state index in [1.807, 2.05) is 18.2 Å². The van der Waals surface area contributed by atoms with Crippen molar-refractivity contribution in [1.82, 2.24) is 24.8 Å². The standard InChI is InChI=1S/C29H22F3N7O2/c30-29(31,32)21-12-19(3-6-24(21)38-9-7-33-8-10-38)39-26-20(27(40)37-28(39)41)15-35-23-5-4-22(36-25(23)26)16-1-2-17-13-34-14-18(17)11-16/h1-6,11-12,14-15,33H,7-10,13H2,(H,37,40,41). The monoisotopic (exact) mass is 557 g/mol. The van der Waals surface area contributed by atoms with E-state index in [-0.39, 0.29) is 27.8 Å². The summed E-state index contributed by atoms with van der Waals surface area (Å²) in [5, 5.41) is 3.17. The Hall–Kier alpha value is -4.84. The predicted molar refractivity (Wildman–Crippen MR) is 150 cm³/mol. The van der Waals surface area contributed by atoms with Crippen LogP contribution in [0.4, 0.5) is 18.9 Å². The van der Waals surface area contributed by atoms with Gasteiger partial charge in [-0.1, -0.05) is 12.1 Å². The number of H-pyrrole nitrogens is 1. The summed E-state index contributed by atoms with van der Waals surface area (Å²) in [7, 11) is 0. The number of halogens is 3. The zero-order chi connectivity index (χ0) is 28.3. The zero-order valence-corrected chi connectivity index (χ0v) is 21.5. The van der Waals surface area contributed by atoms with Crippen molar-refractivity contribution >= 4 is 33.8 Å². The Morgan fingerprint density at radius 1 is 0.951 bits per heavy atom. The molecule has 1 saturated heterocycles. The smallest absolute Gasteiger partial charge is 0.368 e. The van der Waals surface area contributed by atoms with E-state index in [2.05, 4.69) is 20.3 Å². The molecule has 2 aliphatic heterocycles. The highest BCUT2D eigenvalue weighted by atomic mass is 19.4. The summed E-state index contributed by atoms with van der Waals surface area (Å²) < 4.78 is 44.1. The van der Waals surface area contributed by atoms with Crippen LogP contribution in [0.1, 0.15) is 16.7 Å². The third-order valence-electron chi connectivity index (χ3n) is 7.51. The number of nitrogens with zero attached hydrogens (tertiary/aromatic N) is 5. The molecule has 41 heavy (non-hydrogen) atoms. The Balaban J connectivity index is 1.48. The van der Waals surface area contributed by atoms with Gasteiger partial charge in [0.15, 0.2) is 0 Å². The van der Waals surface area contributed by atoms with Crippen LogP contribution in [0.5, 0.6) is 0 Å². The van der Waals surface area contributed by atoms with E-state index in [0.717, 1.165) is 27.3 Å². The van der Waals surface area contributed by atoms with Crippen molar-refractivity contribution in [2.45, 2.75) is 12.7 Å². The minimum absolute atomic E-state index is 0.0302. The van der Waals surface area contributed by atoms with Crippen LogP contribution in [0, 0.1) is 0 Å². The summed E-state index contributed by atoms with van der Waals surface area (Å²) in [6.07, 6.45) is -1.58. The number of aromatic nitrogens is 4. The lowest BCUT2D eigenvalue weighted by molar-refractivity contribution is -0.137. The second-order valence-corrected chi connectivity index (χ2v) is 10.00. The van der Waals surface area contributed by atoms with Crippen molar-refractivity contribution in [1.29, 1.82) is 0 Å². The van der Waals surface area contributed by atoms with Gasteiger partial charge >= 0.3 is 11.9 Å². The van der Waals surface area contributed by atoms with Gasteiger partial charge in [-0.05, 0) is 47.5 Å². The molecule has 0 unspecified atom stereocenters. The molecule has 5 aromatic rings. The van der Waals surface area contributed by atoms with Crippen LogP contribution < -0.4 is 21.5 Å². The first kappa shape index (κ1) is 25.1. The molecule has 7 rings (SSSR count). The number of alkyl halides is 3. The molecule has 5 heterocycles. The second kappa shape index (κ2) is 9.37. The van der Waals surface area contributed by atoms with E-state index in [0.29, 0.717) is 43.9 Å². The van der Waals surface area contributed by atoms with Crippen molar-refractivity contribution in [3.05, 3.63) is 92.3 Å². The summed E-state index contributed by atoms with van der Waals surface area (Å²) in [5.74, 6) is 0. The van der Waals surface area contributed by atoms with E-state index in [1.54, 1.807) is 23.2 Å². The van der Waals surface area contributed by atoms with Crippen molar-refractivity contribution in [3.8, 4) is 16.9 Å². The van der Waals surface area contributed by atoms with Crippen LogP contribution in [-0.4, -0.2) is 51.9 Å². The summed E-state index contributed by atoms with van der Waals surface area (Å²) in [6.45, 7) is 2.57. The molecule has 0 aliphatic carbocycles. The number of aromatic amines is 1. The molecule has 0 bridgehead atoms. The number of anilines is 1. The number of nitrogens with one attached hydrogen (secondary N) is 2. The fourth-order valence-corrected chi connectivity index (χ4v) is 5.51. The first-order chi connectivity index (χ1) is 19.8. The number of aliphatic imine (C=N–C) groups is 1. The Morgan fingerprint density at radius 3 is 2.59 bits per heavy atom. The molecule has 2 N–H and O–H groups in total. The first-order valence-electron chi connectivity index (χ1n) is 13.0. The lowest BCUT2D eigenvalue weighted by atomic mass is 10.0. The molecule has 2 aliphatic rings. The molecule has 1 fully saturated rings. The quantitative estimate of drug-likeness (QED) is 0.328. The molecule has 0 saturated carbocycles. The van der Waals surface area contributed by atoms with Crippen LogP contribution in [0.15, 0.2) is 69.3 Å². The highest BCUT2D eigenvalue weighted by molar-refractivity contribution is 6.02. The molecule has 0 spiro atoms. The molecule has 0 amide bonds. The van der Waals surface area contributed by atoms with Crippen molar-refractivity contribution < 1.29 is 13.2 Å². The van der Waals surface area contributed by atoms with Gasteiger partial charge in [0.25, 0.3) is 5.56 Å². The number of fused-ring (bicyclic) bond motifs is 4. The fourth-order valence-electron chi connectivity index (χ4n) is 5.51. The predicted octanol–water partition coefficient (Wildman–Crippen LogP) is 3.65. The summed E-state index contributed by atoms with van der Waals surface area (Å²) in [6, 6.07) is 13.1. The largest absolute Gasteiger partial charge is 0.418 e. The molecular formula is C29H22F3N7O2.